The van der Waals surface area contributed by atoms with Crippen molar-refractivity contribution in [2.45, 2.75) is 25.4 Å². The number of nitrogens with zero attached hydrogens (tertiary/aromatic N) is 2. The molecule has 2 aliphatic heterocycles. The van der Waals surface area contributed by atoms with E-state index in [9.17, 15) is 0 Å². The normalized spacial score (nSPS) is 20.5. The molecule has 0 amide bonds. The molecule has 3 heterocycles. The molecule has 0 saturated heterocycles. The summed E-state index contributed by atoms with van der Waals surface area (Å²) in [5.74, 6) is 2.18. The Balaban J connectivity index is 1.64. The quantitative estimate of drug-likeness (QED) is 0.842. The first kappa shape index (κ1) is 10.9. The number of rotatable bonds is 1. The van der Waals surface area contributed by atoms with E-state index in [-0.39, 0.29) is 5.92 Å². The molecule has 1 atom stereocenters. The van der Waals surface area contributed by atoms with Crippen molar-refractivity contribution in [1.29, 1.82) is 0 Å². The van der Waals surface area contributed by atoms with E-state index in [0.717, 1.165) is 36.8 Å². The fourth-order valence-corrected chi connectivity index (χ4v) is 2.76. The molecule has 4 nitrogen and oxygen atoms in total. The van der Waals surface area contributed by atoms with Crippen LogP contribution < -0.4 is 10.1 Å². The highest BCUT2D eigenvalue weighted by atomic mass is 16.5. The van der Waals surface area contributed by atoms with Gasteiger partial charge in [0.05, 0.1) is 18.2 Å². The number of benzene rings is 1. The third kappa shape index (κ3) is 1.88. The molecule has 2 aliphatic rings. The average molecular weight is 253 g/mol. The SMILES string of the molecule is c1ccc2c(c1)CC(c1ncc3c(n1)CNC3)CO2. The molecule has 1 aromatic carbocycles. The molecule has 96 valence electrons. The summed E-state index contributed by atoms with van der Waals surface area (Å²) < 4.78 is 5.81. The predicted octanol–water partition coefficient (Wildman–Crippen LogP) is 1.80. The molecule has 2 aromatic rings. The topological polar surface area (TPSA) is 47.0 Å². The fourth-order valence-electron chi connectivity index (χ4n) is 2.76. The number of ether oxygens (including phenoxy) is 1. The van der Waals surface area contributed by atoms with Crippen LogP contribution in [-0.2, 0) is 19.5 Å². The van der Waals surface area contributed by atoms with Crippen LogP contribution in [0.4, 0.5) is 0 Å². The molecular formula is C15H15N3O. The van der Waals surface area contributed by atoms with Crippen molar-refractivity contribution in [3.05, 3.63) is 53.1 Å². The maximum atomic E-state index is 5.81. The van der Waals surface area contributed by atoms with Gasteiger partial charge in [-0.05, 0) is 18.1 Å². The van der Waals surface area contributed by atoms with E-state index in [4.69, 9.17) is 9.72 Å². The van der Waals surface area contributed by atoms with Gasteiger partial charge in [0, 0.05) is 24.8 Å². The van der Waals surface area contributed by atoms with Crippen LogP contribution in [0.2, 0.25) is 0 Å². The number of para-hydroxylation sites is 1. The highest BCUT2D eigenvalue weighted by Crippen LogP contribution is 2.31. The number of nitrogens with one attached hydrogen (secondary N) is 1. The van der Waals surface area contributed by atoms with Gasteiger partial charge in [-0.25, -0.2) is 9.97 Å². The lowest BCUT2D eigenvalue weighted by atomic mass is 9.96. The Morgan fingerprint density at radius 1 is 1.16 bits per heavy atom. The maximum Gasteiger partial charge on any atom is 0.135 e. The van der Waals surface area contributed by atoms with Crippen LogP contribution in [-0.4, -0.2) is 16.6 Å². The van der Waals surface area contributed by atoms with E-state index < -0.39 is 0 Å². The summed E-state index contributed by atoms with van der Waals surface area (Å²) in [5.41, 5.74) is 3.62. The first-order valence-electron chi connectivity index (χ1n) is 6.66. The zero-order valence-electron chi connectivity index (χ0n) is 10.6. The predicted molar refractivity (Wildman–Crippen MR) is 71.0 cm³/mol. The number of aromatic nitrogens is 2. The summed E-state index contributed by atoms with van der Waals surface area (Å²) in [6.07, 6.45) is 2.92. The van der Waals surface area contributed by atoms with Crippen LogP contribution in [0.1, 0.15) is 28.6 Å². The van der Waals surface area contributed by atoms with Gasteiger partial charge < -0.3 is 10.1 Å². The van der Waals surface area contributed by atoms with Gasteiger partial charge in [0.15, 0.2) is 0 Å². The minimum Gasteiger partial charge on any atom is -0.493 e. The highest BCUT2D eigenvalue weighted by molar-refractivity contribution is 5.36. The Kier molecular flexibility index (Phi) is 2.48. The summed E-state index contributed by atoms with van der Waals surface area (Å²) in [6, 6.07) is 8.21. The van der Waals surface area contributed by atoms with Crippen LogP contribution in [0.15, 0.2) is 30.5 Å². The monoisotopic (exact) mass is 253 g/mol. The first-order chi connectivity index (χ1) is 9.40. The van der Waals surface area contributed by atoms with Crippen LogP contribution in [0.25, 0.3) is 0 Å². The highest BCUT2D eigenvalue weighted by Gasteiger charge is 2.24. The minimum absolute atomic E-state index is 0.265. The molecule has 1 aromatic heterocycles. The van der Waals surface area contributed by atoms with Crippen molar-refractivity contribution < 1.29 is 4.74 Å². The Morgan fingerprint density at radius 3 is 3.11 bits per heavy atom. The zero-order valence-corrected chi connectivity index (χ0v) is 10.6. The summed E-state index contributed by atoms with van der Waals surface area (Å²) in [7, 11) is 0. The van der Waals surface area contributed by atoms with Gasteiger partial charge in [-0.15, -0.1) is 0 Å². The van der Waals surface area contributed by atoms with E-state index in [2.05, 4.69) is 22.4 Å². The summed E-state index contributed by atoms with van der Waals surface area (Å²) in [6.45, 7) is 2.41. The molecule has 0 saturated carbocycles. The van der Waals surface area contributed by atoms with Crippen molar-refractivity contribution in [2.24, 2.45) is 0 Å². The second-order valence-corrected chi connectivity index (χ2v) is 5.12. The number of fused-ring (bicyclic) bond motifs is 2. The van der Waals surface area contributed by atoms with E-state index in [0.29, 0.717) is 6.61 Å². The third-order valence-electron chi connectivity index (χ3n) is 3.82. The summed E-state index contributed by atoms with van der Waals surface area (Å²) in [4.78, 5) is 9.21. The lowest BCUT2D eigenvalue weighted by Crippen LogP contribution is -2.21. The van der Waals surface area contributed by atoms with Crippen molar-refractivity contribution in [1.82, 2.24) is 15.3 Å². The van der Waals surface area contributed by atoms with Crippen LogP contribution >= 0.6 is 0 Å². The molecule has 0 bridgehead atoms. The van der Waals surface area contributed by atoms with Gasteiger partial charge in [0.1, 0.15) is 11.6 Å². The van der Waals surface area contributed by atoms with Gasteiger partial charge in [-0.3, -0.25) is 0 Å². The minimum atomic E-state index is 0.265. The van der Waals surface area contributed by atoms with E-state index in [1.54, 1.807) is 0 Å². The molecular weight excluding hydrogens is 238 g/mol. The maximum absolute atomic E-state index is 5.81. The summed E-state index contributed by atoms with van der Waals surface area (Å²) in [5, 5.41) is 3.30. The van der Waals surface area contributed by atoms with Gasteiger partial charge >= 0.3 is 0 Å². The number of hydrogen-bond donors (Lipinski definition) is 1. The van der Waals surface area contributed by atoms with Crippen LogP contribution in [0.3, 0.4) is 0 Å². The third-order valence-corrected chi connectivity index (χ3v) is 3.82. The largest absolute Gasteiger partial charge is 0.493 e. The molecule has 4 heteroatoms. The Morgan fingerprint density at radius 2 is 2.11 bits per heavy atom. The standard InChI is InChI=1S/C15H15N3O/c1-2-4-14-10(3-1)5-11(9-19-14)15-17-7-12-6-16-8-13(12)18-15/h1-4,7,11,16H,5-6,8-9H2. The summed E-state index contributed by atoms with van der Waals surface area (Å²) >= 11 is 0. The van der Waals surface area contributed by atoms with Crippen molar-refractivity contribution >= 4 is 0 Å². The van der Waals surface area contributed by atoms with E-state index in [1.807, 2.05) is 18.3 Å². The average Bonchev–Trinajstić information content (AvgIpc) is 2.94. The van der Waals surface area contributed by atoms with Crippen molar-refractivity contribution in [3.63, 3.8) is 0 Å². The van der Waals surface area contributed by atoms with Gasteiger partial charge in [-0.1, -0.05) is 18.2 Å². The molecule has 0 spiro atoms. The fraction of sp³-hybridized carbons (Fsp3) is 0.333. The molecule has 1 unspecified atom stereocenters. The Labute approximate surface area is 111 Å². The second kappa shape index (κ2) is 4.31. The first-order valence-corrected chi connectivity index (χ1v) is 6.66. The van der Waals surface area contributed by atoms with Crippen molar-refractivity contribution in [2.75, 3.05) is 6.61 Å². The lowest BCUT2D eigenvalue weighted by molar-refractivity contribution is 0.257. The molecule has 0 radical (unpaired) electrons. The van der Waals surface area contributed by atoms with Gasteiger partial charge in [-0.2, -0.15) is 0 Å². The molecule has 0 aliphatic carbocycles. The van der Waals surface area contributed by atoms with Crippen molar-refractivity contribution in [3.8, 4) is 5.75 Å². The molecule has 1 N–H and O–H groups in total. The molecule has 19 heavy (non-hydrogen) atoms. The van der Waals surface area contributed by atoms with Crippen LogP contribution in [0, 0.1) is 0 Å². The van der Waals surface area contributed by atoms with Crippen LogP contribution in [0.5, 0.6) is 5.75 Å². The van der Waals surface area contributed by atoms with E-state index in [1.165, 1.54) is 11.1 Å². The second-order valence-electron chi connectivity index (χ2n) is 5.12. The number of hydrogen-bond acceptors (Lipinski definition) is 4. The van der Waals surface area contributed by atoms with Gasteiger partial charge in [0.2, 0.25) is 0 Å². The Hall–Kier alpha value is -1.94. The molecule has 4 rings (SSSR count). The molecule has 0 fully saturated rings. The Bertz CT molecular complexity index is 627. The smallest absolute Gasteiger partial charge is 0.135 e. The lowest BCUT2D eigenvalue weighted by Gasteiger charge is -2.24. The van der Waals surface area contributed by atoms with Gasteiger partial charge in [0.25, 0.3) is 0 Å². The van der Waals surface area contributed by atoms with E-state index >= 15 is 0 Å². The zero-order chi connectivity index (χ0) is 12.7.